The molecule has 4 aromatic carbocycles. The van der Waals surface area contributed by atoms with Crippen LogP contribution in [0.25, 0.3) is 0 Å². The smallest absolute Gasteiger partial charge is 0.196 e. The molecule has 0 bridgehead atoms. The van der Waals surface area contributed by atoms with Gasteiger partial charge in [-0.15, -0.1) is 0 Å². The first-order chi connectivity index (χ1) is 27.4. The van der Waals surface area contributed by atoms with Crippen LogP contribution in [0.4, 0.5) is 0 Å². The van der Waals surface area contributed by atoms with Gasteiger partial charge in [-0.05, 0) is 85.0 Å². The van der Waals surface area contributed by atoms with E-state index in [0.29, 0.717) is 46.2 Å². The maximum atomic E-state index is 6.33. The van der Waals surface area contributed by atoms with E-state index < -0.39 is 17.1 Å². The van der Waals surface area contributed by atoms with Crippen LogP contribution >= 0.6 is 0 Å². The van der Waals surface area contributed by atoms with Crippen molar-refractivity contribution in [2.45, 2.75) is 91.4 Å². The van der Waals surface area contributed by atoms with Crippen LogP contribution < -0.4 is 14.2 Å². The number of benzene rings is 4. The summed E-state index contributed by atoms with van der Waals surface area (Å²) in [6.07, 6.45) is -0.425. The molecule has 0 N–H and O–H groups in total. The summed E-state index contributed by atoms with van der Waals surface area (Å²) in [6, 6.07) is 22.0. The number of hydrogen-bond donors (Lipinski definition) is 0. The van der Waals surface area contributed by atoms with Crippen LogP contribution in [0, 0.1) is 0 Å². The average molecular weight is 789 g/mol. The van der Waals surface area contributed by atoms with Crippen LogP contribution in [0.3, 0.4) is 0 Å². The quantitative estimate of drug-likeness (QED) is 0.0536. The fourth-order valence-electron chi connectivity index (χ4n) is 7.78. The van der Waals surface area contributed by atoms with Crippen molar-refractivity contribution in [3.05, 3.63) is 122 Å². The highest BCUT2D eigenvalue weighted by molar-refractivity contribution is 5.59. The van der Waals surface area contributed by atoms with Gasteiger partial charge in [0, 0.05) is 93.5 Å². The lowest BCUT2D eigenvalue weighted by Crippen LogP contribution is -2.27. The summed E-state index contributed by atoms with van der Waals surface area (Å²) in [5.41, 5.74) is 9.94. The fraction of sp³-hybridized carbons (Fsp3) is 0.489. The normalized spacial score (nSPS) is 12.5. The molecular weight excluding hydrogens is 725 g/mol. The molecule has 0 aliphatic carbocycles. The lowest BCUT2D eigenvalue weighted by Gasteiger charge is -2.35. The van der Waals surface area contributed by atoms with E-state index in [4.69, 9.17) is 47.4 Å². The van der Waals surface area contributed by atoms with Crippen molar-refractivity contribution < 1.29 is 47.4 Å². The second-order valence-electron chi connectivity index (χ2n) is 14.8. The standard InChI is InChI=1S/C47H64O10/c1-14-56-31(2)57-45-36(29-52-10)19-40(20-37(45)30-53-11)46(3,4)38-15-17-39(18-16-38)47(5,41-21-32(25-48-6)43(54-12)33(22-41)26-49-7)42-23-34(27-50-8)44(55-13)35(24-42)28-51-9/h15-24,31H,14,25-30H2,1-13H3. The molecule has 0 aliphatic heterocycles. The highest BCUT2D eigenvalue weighted by atomic mass is 16.7. The van der Waals surface area contributed by atoms with E-state index in [1.54, 1.807) is 56.9 Å². The average Bonchev–Trinajstić information content (AvgIpc) is 3.19. The van der Waals surface area contributed by atoms with Gasteiger partial charge in [0.2, 0.25) is 0 Å². The number of ether oxygens (including phenoxy) is 10. The van der Waals surface area contributed by atoms with E-state index in [2.05, 4.69) is 81.4 Å². The third kappa shape index (κ3) is 10.2. The van der Waals surface area contributed by atoms with Crippen molar-refractivity contribution in [3.63, 3.8) is 0 Å². The first-order valence-corrected chi connectivity index (χ1v) is 19.3. The minimum atomic E-state index is -0.676. The molecule has 1 atom stereocenters. The van der Waals surface area contributed by atoms with Crippen molar-refractivity contribution in [2.75, 3.05) is 63.5 Å². The Kier molecular flexibility index (Phi) is 16.9. The zero-order valence-electron chi connectivity index (χ0n) is 36.4. The summed E-state index contributed by atoms with van der Waals surface area (Å²) in [4.78, 5) is 0. The SMILES string of the molecule is CCOC(C)Oc1c(COC)cc(C(C)(C)c2ccc(C(C)(c3cc(COC)c(OC)c(COC)c3)c3cc(COC)c(OC)c(COC)c3)cc2)cc1COC. The van der Waals surface area contributed by atoms with Gasteiger partial charge in [-0.25, -0.2) is 0 Å². The van der Waals surface area contributed by atoms with E-state index in [1.807, 2.05) is 13.8 Å². The lowest BCUT2D eigenvalue weighted by atomic mass is 9.68. The highest BCUT2D eigenvalue weighted by Crippen LogP contribution is 2.45. The van der Waals surface area contributed by atoms with Crippen LogP contribution in [0.2, 0.25) is 0 Å². The van der Waals surface area contributed by atoms with E-state index >= 15 is 0 Å². The van der Waals surface area contributed by atoms with Gasteiger partial charge >= 0.3 is 0 Å². The Bertz CT molecular complexity index is 1740. The summed E-state index contributed by atoms with van der Waals surface area (Å²) in [5, 5.41) is 0. The van der Waals surface area contributed by atoms with Gasteiger partial charge < -0.3 is 47.4 Å². The molecule has 0 spiro atoms. The van der Waals surface area contributed by atoms with Crippen molar-refractivity contribution in [1.82, 2.24) is 0 Å². The van der Waals surface area contributed by atoms with Crippen LogP contribution in [-0.4, -0.2) is 69.8 Å². The van der Waals surface area contributed by atoms with Crippen molar-refractivity contribution in [3.8, 4) is 17.2 Å². The predicted molar refractivity (Wildman–Crippen MR) is 223 cm³/mol. The van der Waals surface area contributed by atoms with Gasteiger partial charge in [-0.2, -0.15) is 0 Å². The van der Waals surface area contributed by atoms with Gasteiger partial charge in [0.1, 0.15) is 17.2 Å². The maximum Gasteiger partial charge on any atom is 0.196 e. The first-order valence-electron chi connectivity index (χ1n) is 19.3. The molecule has 312 valence electrons. The van der Waals surface area contributed by atoms with Gasteiger partial charge in [0.25, 0.3) is 0 Å². The molecule has 0 saturated carbocycles. The summed E-state index contributed by atoms with van der Waals surface area (Å²) >= 11 is 0. The van der Waals surface area contributed by atoms with Gasteiger partial charge in [0.15, 0.2) is 6.29 Å². The van der Waals surface area contributed by atoms with E-state index in [1.165, 1.54) is 0 Å². The van der Waals surface area contributed by atoms with Crippen LogP contribution in [0.5, 0.6) is 17.2 Å². The minimum Gasteiger partial charge on any atom is -0.496 e. The first kappa shape index (κ1) is 45.7. The molecule has 0 radical (unpaired) electrons. The fourth-order valence-corrected chi connectivity index (χ4v) is 7.78. The lowest BCUT2D eigenvalue weighted by molar-refractivity contribution is -0.0633. The molecule has 0 amide bonds. The molecule has 0 aliphatic rings. The van der Waals surface area contributed by atoms with Crippen molar-refractivity contribution >= 4 is 0 Å². The van der Waals surface area contributed by atoms with E-state index in [0.717, 1.165) is 78.4 Å². The summed E-state index contributed by atoms with van der Waals surface area (Å²) in [6.45, 7) is 13.4. The molecular formula is C47H64O10. The summed E-state index contributed by atoms with van der Waals surface area (Å²) in [5.74, 6) is 2.23. The molecule has 0 fully saturated rings. The van der Waals surface area contributed by atoms with Crippen molar-refractivity contribution in [2.24, 2.45) is 0 Å². The molecule has 0 heterocycles. The third-order valence-electron chi connectivity index (χ3n) is 10.7. The van der Waals surface area contributed by atoms with Gasteiger partial charge in [0.05, 0.1) is 53.9 Å². The molecule has 1 unspecified atom stereocenters. The third-order valence-corrected chi connectivity index (χ3v) is 10.7. The van der Waals surface area contributed by atoms with E-state index in [9.17, 15) is 0 Å². The number of hydrogen-bond acceptors (Lipinski definition) is 10. The Balaban J connectivity index is 1.98. The Morgan fingerprint density at radius 3 is 1.07 bits per heavy atom. The Morgan fingerprint density at radius 1 is 0.439 bits per heavy atom. The zero-order valence-corrected chi connectivity index (χ0v) is 36.4. The van der Waals surface area contributed by atoms with Crippen LogP contribution in [-0.2, 0) is 83.6 Å². The van der Waals surface area contributed by atoms with Crippen LogP contribution in [0.15, 0.2) is 60.7 Å². The Labute approximate surface area is 340 Å². The molecule has 10 heteroatoms. The largest absolute Gasteiger partial charge is 0.496 e. The molecule has 4 aromatic rings. The molecule has 57 heavy (non-hydrogen) atoms. The Hall–Kier alpha value is -4.00. The molecule has 4 rings (SSSR count). The van der Waals surface area contributed by atoms with E-state index in [-0.39, 0.29) is 0 Å². The van der Waals surface area contributed by atoms with Crippen LogP contribution in [0.1, 0.15) is 95.8 Å². The summed E-state index contributed by atoms with van der Waals surface area (Å²) in [7, 11) is 13.5. The zero-order chi connectivity index (χ0) is 41.8. The second kappa shape index (κ2) is 21.1. The van der Waals surface area contributed by atoms with Crippen molar-refractivity contribution in [1.29, 1.82) is 0 Å². The molecule has 10 nitrogen and oxygen atoms in total. The monoisotopic (exact) mass is 788 g/mol. The topological polar surface area (TPSA) is 92.3 Å². The second-order valence-corrected chi connectivity index (χ2v) is 14.8. The minimum absolute atomic E-state index is 0.369. The molecule has 0 aromatic heterocycles. The molecule has 0 saturated heterocycles. The Morgan fingerprint density at radius 2 is 0.754 bits per heavy atom. The number of methoxy groups -OCH3 is 8. The van der Waals surface area contributed by atoms with Gasteiger partial charge in [-0.3, -0.25) is 0 Å². The maximum absolute atomic E-state index is 6.33. The summed E-state index contributed by atoms with van der Waals surface area (Å²) < 4.78 is 58.0. The predicted octanol–water partition coefficient (Wildman–Crippen LogP) is 9.02. The van der Waals surface area contributed by atoms with Gasteiger partial charge in [-0.1, -0.05) is 38.1 Å². The highest BCUT2D eigenvalue weighted by Gasteiger charge is 2.35. The number of rotatable bonds is 23.